The maximum absolute atomic E-state index is 12.2. The Hall–Kier alpha value is -1.12. The number of hydrogen-bond donors (Lipinski definition) is 2. The molecular weight excluding hydrogens is 293 g/mol. The first-order valence-corrected chi connectivity index (χ1v) is 7.17. The van der Waals surface area contributed by atoms with Gasteiger partial charge in [0.05, 0.1) is 24.6 Å². The Morgan fingerprint density at radius 1 is 1.45 bits per heavy atom. The standard InChI is InChI=1S/C12H15F3N2O2S/c13-12(14,15)11(18)16-8-9(10-2-1-7-20-10)17-3-5-19-6-4-17/h1-2,7,9H,3-6,8H2,(H,16,18)/p+1/t9-/m0/s1. The predicted octanol–water partition coefficient (Wildman–Crippen LogP) is 0.383. The number of ether oxygens (including phenoxy) is 1. The highest BCUT2D eigenvalue weighted by Crippen LogP contribution is 2.18. The van der Waals surface area contributed by atoms with Crippen LogP contribution in [0.4, 0.5) is 13.2 Å². The van der Waals surface area contributed by atoms with E-state index < -0.39 is 12.1 Å². The highest BCUT2D eigenvalue weighted by molar-refractivity contribution is 7.10. The molecule has 8 heteroatoms. The van der Waals surface area contributed by atoms with E-state index in [0.717, 1.165) is 22.9 Å². The minimum Gasteiger partial charge on any atom is -0.370 e. The number of thiophene rings is 1. The lowest BCUT2D eigenvalue weighted by molar-refractivity contribution is -0.937. The molecule has 2 heterocycles. The molecule has 0 spiro atoms. The van der Waals surface area contributed by atoms with E-state index in [1.807, 2.05) is 22.8 Å². The van der Waals surface area contributed by atoms with Crippen LogP contribution in [0.3, 0.4) is 0 Å². The van der Waals surface area contributed by atoms with Crippen molar-refractivity contribution < 1.29 is 27.6 Å². The van der Waals surface area contributed by atoms with Gasteiger partial charge in [-0.25, -0.2) is 0 Å². The molecule has 1 amide bonds. The second-order valence-electron chi connectivity index (χ2n) is 4.55. The summed E-state index contributed by atoms with van der Waals surface area (Å²) in [6.07, 6.45) is -4.83. The number of carbonyl (C=O) groups is 1. The molecule has 2 N–H and O–H groups in total. The number of hydrogen-bond acceptors (Lipinski definition) is 3. The molecule has 0 radical (unpaired) electrons. The van der Waals surface area contributed by atoms with Gasteiger partial charge in [0.25, 0.3) is 0 Å². The molecule has 0 aromatic carbocycles. The Bertz CT molecular complexity index is 430. The van der Waals surface area contributed by atoms with Gasteiger partial charge in [0, 0.05) is 0 Å². The third-order valence-corrected chi connectivity index (χ3v) is 4.22. The Balaban J connectivity index is 2.02. The van der Waals surface area contributed by atoms with E-state index in [1.54, 1.807) is 0 Å². The number of nitrogens with one attached hydrogen (secondary N) is 2. The van der Waals surface area contributed by atoms with E-state index in [4.69, 9.17) is 4.74 Å². The summed E-state index contributed by atoms with van der Waals surface area (Å²) in [4.78, 5) is 13.1. The van der Waals surface area contributed by atoms with E-state index in [2.05, 4.69) is 0 Å². The van der Waals surface area contributed by atoms with Crippen molar-refractivity contribution in [3.63, 3.8) is 0 Å². The second-order valence-corrected chi connectivity index (χ2v) is 5.53. The van der Waals surface area contributed by atoms with Crippen LogP contribution < -0.4 is 10.2 Å². The van der Waals surface area contributed by atoms with E-state index in [1.165, 1.54) is 11.3 Å². The maximum atomic E-state index is 12.2. The number of amides is 1. The van der Waals surface area contributed by atoms with Crippen LogP contribution in [0.1, 0.15) is 10.9 Å². The molecule has 1 atom stereocenters. The fourth-order valence-corrected chi connectivity index (χ4v) is 3.10. The summed E-state index contributed by atoms with van der Waals surface area (Å²) in [7, 11) is 0. The normalized spacial score (nSPS) is 18.8. The smallest absolute Gasteiger partial charge is 0.370 e. The zero-order chi connectivity index (χ0) is 14.6. The minimum absolute atomic E-state index is 0.0197. The van der Waals surface area contributed by atoms with Crippen LogP contribution in [-0.4, -0.2) is 44.9 Å². The van der Waals surface area contributed by atoms with Gasteiger partial charge in [-0.3, -0.25) is 4.79 Å². The number of morpholine rings is 1. The van der Waals surface area contributed by atoms with E-state index in [9.17, 15) is 18.0 Å². The van der Waals surface area contributed by atoms with Crippen molar-refractivity contribution in [1.29, 1.82) is 0 Å². The third kappa shape index (κ3) is 3.94. The molecule has 1 aromatic rings. The maximum Gasteiger partial charge on any atom is 0.471 e. The van der Waals surface area contributed by atoms with Crippen molar-refractivity contribution in [3.05, 3.63) is 22.4 Å². The molecule has 1 aliphatic rings. The first-order valence-electron chi connectivity index (χ1n) is 6.29. The van der Waals surface area contributed by atoms with Gasteiger partial charge in [-0.1, -0.05) is 6.07 Å². The summed E-state index contributed by atoms with van der Waals surface area (Å²) in [6.45, 7) is 2.61. The second kappa shape index (κ2) is 6.55. The Kier molecular flexibility index (Phi) is 5.00. The van der Waals surface area contributed by atoms with Crippen molar-refractivity contribution >= 4 is 17.2 Å². The van der Waals surface area contributed by atoms with Crippen LogP contribution in [0.2, 0.25) is 0 Å². The zero-order valence-electron chi connectivity index (χ0n) is 10.7. The number of quaternary nitrogens is 1. The van der Waals surface area contributed by atoms with Crippen LogP contribution in [0.25, 0.3) is 0 Å². The number of rotatable bonds is 4. The van der Waals surface area contributed by atoms with Gasteiger partial charge in [-0.05, 0) is 11.4 Å². The molecule has 4 nitrogen and oxygen atoms in total. The van der Waals surface area contributed by atoms with Crippen molar-refractivity contribution in [1.82, 2.24) is 5.32 Å². The summed E-state index contributed by atoms with van der Waals surface area (Å²) in [6, 6.07) is 3.58. The molecule has 20 heavy (non-hydrogen) atoms. The summed E-state index contributed by atoms with van der Waals surface area (Å²) < 4.78 is 42.0. The van der Waals surface area contributed by atoms with E-state index >= 15 is 0 Å². The highest BCUT2D eigenvalue weighted by Gasteiger charge is 2.39. The molecule has 1 fully saturated rings. The summed E-state index contributed by atoms with van der Waals surface area (Å²) in [5.74, 6) is -1.88. The first kappa shape index (κ1) is 15.3. The molecular formula is C12H16F3N2O2S+. The molecule has 0 saturated carbocycles. The summed E-state index contributed by atoms with van der Waals surface area (Å²) in [5.41, 5.74) is 0. The molecule has 0 unspecified atom stereocenters. The van der Waals surface area contributed by atoms with Crippen molar-refractivity contribution in [2.24, 2.45) is 0 Å². The van der Waals surface area contributed by atoms with Crippen LogP contribution in [0, 0.1) is 0 Å². The predicted molar refractivity (Wildman–Crippen MR) is 67.6 cm³/mol. The van der Waals surface area contributed by atoms with Gasteiger partial charge >= 0.3 is 12.1 Å². The quantitative estimate of drug-likeness (QED) is 0.845. The average molecular weight is 309 g/mol. The minimum atomic E-state index is -4.83. The Morgan fingerprint density at radius 2 is 2.15 bits per heavy atom. The van der Waals surface area contributed by atoms with Gasteiger partial charge in [-0.15, -0.1) is 11.3 Å². The zero-order valence-corrected chi connectivity index (χ0v) is 11.5. The van der Waals surface area contributed by atoms with Gasteiger partial charge in [0.1, 0.15) is 19.1 Å². The van der Waals surface area contributed by atoms with Gasteiger partial charge in [0.15, 0.2) is 0 Å². The van der Waals surface area contributed by atoms with Crippen LogP contribution in [0.5, 0.6) is 0 Å². The lowest BCUT2D eigenvalue weighted by Gasteiger charge is -2.31. The van der Waals surface area contributed by atoms with Crippen LogP contribution in [-0.2, 0) is 9.53 Å². The molecule has 112 valence electrons. The summed E-state index contributed by atoms with van der Waals surface area (Å²) >= 11 is 1.49. The SMILES string of the molecule is O=C(NC[C@@H](c1cccs1)[NH+]1CCOCC1)C(F)(F)F. The third-order valence-electron chi connectivity index (χ3n) is 3.24. The Labute approximate surface area is 118 Å². The number of carbonyl (C=O) groups excluding carboxylic acids is 1. The van der Waals surface area contributed by atoms with E-state index in [0.29, 0.717) is 13.2 Å². The van der Waals surface area contributed by atoms with Crippen LogP contribution >= 0.6 is 11.3 Å². The number of alkyl halides is 3. The highest BCUT2D eigenvalue weighted by atomic mass is 32.1. The molecule has 1 aromatic heterocycles. The number of halogens is 3. The van der Waals surface area contributed by atoms with Gasteiger partial charge in [0.2, 0.25) is 0 Å². The van der Waals surface area contributed by atoms with Crippen molar-refractivity contribution in [2.45, 2.75) is 12.2 Å². The molecule has 2 rings (SSSR count). The van der Waals surface area contributed by atoms with Crippen LogP contribution in [0.15, 0.2) is 17.5 Å². The largest absolute Gasteiger partial charge is 0.471 e. The lowest BCUT2D eigenvalue weighted by atomic mass is 10.2. The average Bonchev–Trinajstić information content (AvgIpc) is 2.93. The van der Waals surface area contributed by atoms with Gasteiger partial charge < -0.3 is 15.0 Å². The van der Waals surface area contributed by atoms with E-state index in [-0.39, 0.29) is 12.6 Å². The molecule has 1 saturated heterocycles. The van der Waals surface area contributed by atoms with Crippen molar-refractivity contribution in [2.75, 3.05) is 32.8 Å². The first-order chi connectivity index (χ1) is 9.48. The summed E-state index contributed by atoms with van der Waals surface area (Å²) in [5, 5.41) is 3.87. The van der Waals surface area contributed by atoms with Crippen molar-refractivity contribution in [3.8, 4) is 0 Å². The molecule has 0 bridgehead atoms. The lowest BCUT2D eigenvalue weighted by Crippen LogP contribution is -3.15. The molecule has 1 aliphatic heterocycles. The Morgan fingerprint density at radius 3 is 2.70 bits per heavy atom. The monoisotopic (exact) mass is 309 g/mol. The fraction of sp³-hybridized carbons (Fsp3) is 0.583. The van der Waals surface area contributed by atoms with Gasteiger partial charge in [-0.2, -0.15) is 13.2 Å². The topological polar surface area (TPSA) is 42.8 Å². The molecule has 0 aliphatic carbocycles. The fourth-order valence-electron chi connectivity index (χ4n) is 2.21.